The van der Waals surface area contributed by atoms with E-state index in [-0.39, 0.29) is 28.6 Å². The third kappa shape index (κ3) is 4.27. The van der Waals surface area contributed by atoms with Gasteiger partial charge in [-0.05, 0) is 31.9 Å². The summed E-state index contributed by atoms with van der Waals surface area (Å²) in [5.74, 6) is 5.32. The molecule has 1 aliphatic rings. The van der Waals surface area contributed by atoms with Crippen LogP contribution in [0.25, 0.3) is 11.2 Å². The molecule has 0 bridgehead atoms. The second-order valence-electron chi connectivity index (χ2n) is 7.46. The highest BCUT2D eigenvalue weighted by molar-refractivity contribution is 5.94. The monoisotopic (exact) mass is 450 g/mol. The molecular formula is C22H22N6O5. The summed E-state index contributed by atoms with van der Waals surface area (Å²) in [6.07, 6.45) is -3.87. The molecule has 1 aromatic carbocycles. The maximum atomic E-state index is 12.2. The van der Waals surface area contributed by atoms with E-state index in [1.54, 1.807) is 31.2 Å². The molecule has 1 saturated heterocycles. The highest BCUT2D eigenvalue weighted by Gasteiger charge is 2.47. The number of hydrogen-bond donors (Lipinski definition) is 4. The molecule has 5 N–H and O–H groups in total. The molecular weight excluding hydrogens is 428 g/mol. The zero-order chi connectivity index (χ0) is 23.7. The number of imidazole rings is 1. The van der Waals surface area contributed by atoms with Crippen LogP contribution in [0.3, 0.4) is 0 Å². The molecule has 11 nitrogen and oxygen atoms in total. The van der Waals surface area contributed by atoms with Gasteiger partial charge in [0.05, 0.1) is 6.33 Å². The number of nitrogens with one attached hydrogen (secondary N) is 1. The number of carbonyl (C=O) groups excluding carboxylic acids is 2. The van der Waals surface area contributed by atoms with Gasteiger partial charge in [-0.3, -0.25) is 14.2 Å². The summed E-state index contributed by atoms with van der Waals surface area (Å²) in [5.41, 5.74) is 7.74. The lowest BCUT2D eigenvalue weighted by molar-refractivity contribution is -0.137. The molecule has 1 unspecified atom stereocenters. The fourth-order valence-electron chi connectivity index (χ4n) is 3.48. The normalized spacial score (nSPS) is 22.1. The number of amides is 1. The Morgan fingerprint density at radius 2 is 1.91 bits per heavy atom. The van der Waals surface area contributed by atoms with E-state index in [1.807, 2.05) is 0 Å². The second kappa shape index (κ2) is 8.95. The van der Waals surface area contributed by atoms with Crippen molar-refractivity contribution in [3.8, 4) is 11.8 Å². The Hall–Kier alpha value is -3.85. The average molecular weight is 450 g/mol. The highest BCUT2D eigenvalue weighted by atomic mass is 16.6. The van der Waals surface area contributed by atoms with E-state index < -0.39 is 30.4 Å². The minimum Gasteiger partial charge on any atom is -0.387 e. The van der Waals surface area contributed by atoms with Gasteiger partial charge in [-0.2, -0.15) is 0 Å². The van der Waals surface area contributed by atoms with Gasteiger partial charge in [0.2, 0.25) is 5.82 Å². The quantitative estimate of drug-likeness (QED) is 0.310. The number of likely N-dealkylation sites (N-methyl/N-ethyl adjacent to an activating group) is 1. The van der Waals surface area contributed by atoms with E-state index in [1.165, 1.54) is 17.8 Å². The van der Waals surface area contributed by atoms with Gasteiger partial charge in [0.1, 0.15) is 17.7 Å². The maximum Gasteiger partial charge on any atom is 0.252 e. The zero-order valence-electron chi connectivity index (χ0n) is 17.9. The molecule has 0 spiro atoms. The first-order chi connectivity index (χ1) is 15.8. The fourth-order valence-corrected chi connectivity index (χ4v) is 3.48. The minimum atomic E-state index is -1.43. The number of carbonyl (C=O) groups is 2. The summed E-state index contributed by atoms with van der Waals surface area (Å²) >= 11 is 0. The van der Waals surface area contributed by atoms with Crippen LogP contribution in [0.5, 0.6) is 0 Å². The van der Waals surface area contributed by atoms with Crippen molar-refractivity contribution in [1.29, 1.82) is 0 Å². The third-order valence-corrected chi connectivity index (χ3v) is 5.18. The van der Waals surface area contributed by atoms with Crippen LogP contribution in [-0.2, 0) is 9.53 Å². The Kier molecular flexibility index (Phi) is 6.06. The first-order valence-electron chi connectivity index (χ1n) is 10.2. The Morgan fingerprint density at radius 3 is 2.58 bits per heavy atom. The van der Waals surface area contributed by atoms with Crippen LogP contribution in [0, 0.1) is 11.8 Å². The number of nitrogen functional groups attached to an aromatic ring is 1. The number of Topliss-reactive ketones (excluding diaryl/α,β-unsaturated/α-hetero) is 1. The number of hydrogen-bond acceptors (Lipinski definition) is 9. The van der Waals surface area contributed by atoms with E-state index in [0.717, 1.165) is 0 Å². The van der Waals surface area contributed by atoms with Gasteiger partial charge in [0.15, 0.2) is 29.6 Å². The van der Waals surface area contributed by atoms with E-state index in [9.17, 15) is 19.8 Å². The minimum absolute atomic E-state index is 0.0415. The smallest absolute Gasteiger partial charge is 0.252 e. The number of benzene rings is 1. The molecule has 170 valence electrons. The summed E-state index contributed by atoms with van der Waals surface area (Å²) in [5, 5.41) is 23.4. The van der Waals surface area contributed by atoms with Gasteiger partial charge in [-0.25, -0.2) is 15.0 Å². The molecule has 1 aliphatic heterocycles. The summed E-state index contributed by atoms with van der Waals surface area (Å²) < 4.78 is 7.02. The number of ketones is 1. The van der Waals surface area contributed by atoms with Crippen LogP contribution < -0.4 is 11.1 Å². The molecule has 3 heterocycles. The van der Waals surface area contributed by atoms with E-state index in [0.29, 0.717) is 17.7 Å². The number of ether oxygens (including phenoxy) is 1. The van der Waals surface area contributed by atoms with Crippen LogP contribution in [0.15, 0.2) is 30.6 Å². The standard InChI is InChI=1S/C22H22N6O5/c1-3-24-21(32)18-16(30)17(31)22(33-18)28-10-25-15-19(23)26-14(27-20(15)28)9-6-12-4-7-13(8-5-12)11(2)29/h4-5,7-8,10,16-18,22,30-31H,3H2,1-2H3,(H,24,32)(H2,23,26,27)/t16-,17+,18-,22?/m0/s1. The van der Waals surface area contributed by atoms with Crippen molar-refractivity contribution in [2.75, 3.05) is 12.3 Å². The zero-order valence-corrected chi connectivity index (χ0v) is 17.9. The third-order valence-electron chi connectivity index (χ3n) is 5.18. The lowest BCUT2D eigenvalue weighted by Gasteiger charge is -2.16. The van der Waals surface area contributed by atoms with Crippen LogP contribution in [0.2, 0.25) is 0 Å². The highest BCUT2D eigenvalue weighted by Crippen LogP contribution is 2.32. The van der Waals surface area contributed by atoms with Crippen LogP contribution >= 0.6 is 0 Å². The number of anilines is 1. The van der Waals surface area contributed by atoms with Gasteiger partial charge >= 0.3 is 0 Å². The van der Waals surface area contributed by atoms with Crippen molar-refractivity contribution < 1.29 is 24.5 Å². The molecule has 4 rings (SSSR count). The number of nitrogens with two attached hydrogens (primary N) is 1. The first-order valence-corrected chi connectivity index (χ1v) is 10.2. The molecule has 1 amide bonds. The van der Waals surface area contributed by atoms with Crippen molar-refractivity contribution in [1.82, 2.24) is 24.8 Å². The van der Waals surface area contributed by atoms with Crippen molar-refractivity contribution in [3.05, 3.63) is 47.5 Å². The topological polar surface area (TPSA) is 165 Å². The molecule has 0 saturated carbocycles. The maximum absolute atomic E-state index is 12.2. The Morgan fingerprint density at radius 1 is 1.18 bits per heavy atom. The number of aromatic nitrogens is 4. The number of fused-ring (bicyclic) bond motifs is 1. The largest absolute Gasteiger partial charge is 0.387 e. The summed E-state index contributed by atoms with van der Waals surface area (Å²) in [4.78, 5) is 36.3. The molecule has 4 atom stereocenters. The van der Waals surface area contributed by atoms with Crippen LogP contribution in [-0.4, -0.2) is 66.3 Å². The van der Waals surface area contributed by atoms with Crippen molar-refractivity contribution in [2.24, 2.45) is 0 Å². The molecule has 2 aromatic heterocycles. The van der Waals surface area contributed by atoms with Gasteiger partial charge in [0, 0.05) is 17.7 Å². The van der Waals surface area contributed by atoms with E-state index in [2.05, 4.69) is 32.1 Å². The van der Waals surface area contributed by atoms with E-state index >= 15 is 0 Å². The van der Waals surface area contributed by atoms with Gasteiger partial charge in [-0.1, -0.05) is 18.1 Å². The fraction of sp³-hybridized carbons (Fsp3) is 0.318. The SMILES string of the molecule is CCNC(=O)[C@H]1OC(n2cnc3c(N)nc(C#Cc4ccc(C(C)=O)cc4)nc32)[C@H](O)[C@@H]1O. The van der Waals surface area contributed by atoms with Crippen LogP contribution in [0.4, 0.5) is 5.82 Å². The number of aliphatic hydroxyl groups is 2. The van der Waals surface area contributed by atoms with Gasteiger partial charge in [0.25, 0.3) is 5.91 Å². The first kappa shape index (κ1) is 22.3. The van der Waals surface area contributed by atoms with Crippen LogP contribution in [0.1, 0.15) is 41.8 Å². The number of rotatable bonds is 4. The Balaban J connectivity index is 1.66. The molecule has 3 aromatic rings. The van der Waals surface area contributed by atoms with Crippen molar-refractivity contribution in [2.45, 2.75) is 38.4 Å². The predicted octanol–water partition coefficient (Wildman–Crippen LogP) is -0.234. The lowest BCUT2D eigenvalue weighted by Crippen LogP contribution is -2.42. The summed E-state index contributed by atoms with van der Waals surface area (Å²) in [6.45, 7) is 3.57. The molecule has 11 heteroatoms. The molecule has 0 radical (unpaired) electrons. The number of nitrogens with zero attached hydrogens (tertiary/aromatic N) is 4. The average Bonchev–Trinajstić information content (AvgIpc) is 3.34. The van der Waals surface area contributed by atoms with Crippen molar-refractivity contribution >= 4 is 28.7 Å². The Bertz CT molecular complexity index is 1280. The second-order valence-corrected chi connectivity index (χ2v) is 7.46. The van der Waals surface area contributed by atoms with Crippen molar-refractivity contribution in [3.63, 3.8) is 0 Å². The summed E-state index contributed by atoms with van der Waals surface area (Å²) in [6, 6.07) is 6.77. The molecule has 1 fully saturated rings. The Labute approximate surface area is 188 Å². The lowest BCUT2D eigenvalue weighted by atomic mass is 10.1. The number of aliphatic hydroxyl groups excluding tert-OH is 2. The van der Waals surface area contributed by atoms with Gasteiger partial charge < -0.3 is 26.0 Å². The van der Waals surface area contributed by atoms with E-state index in [4.69, 9.17) is 10.5 Å². The summed E-state index contributed by atoms with van der Waals surface area (Å²) in [7, 11) is 0. The molecule has 33 heavy (non-hydrogen) atoms. The van der Waals surface area contributed by atoms with Gasteiger partial charge in [-0.15, -0.1) is 0 Å². The predicted molar refractivity (Wildman–Crippen MR) is 117 cm³/mol. The molecule has 0 aliphatic carbocycles.